The number of aliphatic hydroxyl groups excluding tert-OH is 1. The van der Waals surface area contributed by atoms with E-state index < -0.39 is 95.1 Å². The molecule has 5 fully saturated rings. The lowest BCUT2D eigenvalue weighted by Gasteiger charge is -2.53. The monoisotopic (exact) mass is 526 g/mol. The average Bonchev–Trinajstić information content (AvgIpc) is 3.38. The van der Waals surface area contributed by atoms with E-state index in [4.69, 9.17) is 23.7 Å². The maximum atomic E-state index is 14.0. The third kappa shape index (κ3) is 2.82. The molecular weight excluding hydrogens is 492 g/mol. The van der Waals surface area contributed by atoms with Gasteiger partial charge in [-0.3, -0.25) is 4.79 Å². The van der Waals surface area contributed by atoms with Crippen LogP contribution in [0.25, 0.3) is 0 Å². The van der Waals surface area contributed by atoms with E-state index in [1.165, 1.54) is 13.8 Å². The van der Waals surface area contributed by atoms with Crippen LogP contribution in [0, 0.1) is 22.7 Å². The Morgan fingerprint density at radius 1 is 1.11 bits per heavy atom. The van der Waals surface area contributed by atoms with Crippen LogP contribution in [0.5, 0.6) is 0 Å². The lowest BCUT2D eigenvalue weighted by atomic mass is 9.48. The van der Waals surface area contributed by atoms with Crippen molar-refractivity contribution in [3.8, 4) is 0 Å². The van der Waals surface area contributed by atoms with E-state index in [-0.39, 0.29) is 6.42 Å². The van der Waals surface area contributed by atoms with Crippen LogP contribution in [0.15, 0.2) is 0 Å². The summed E-state index contributed by atoms with van der Waals surface area (Å²) in [5.74, 6) is -5.85. The highest BCUT2D eigenvalue weighted by atomic mass is 16.8. The topological polar surface area (TPSA) is 175 Å². The first-order valence-corrected chi connectivity index (χ1v) is 12.9. The Bertz CT molecular complexity index is 1030. The van der Waals surface area contributed by atoms with Crippen molar-refractivity contribution >= 4 is 23.9 Å². The lowest BCUT2D eigenvalue weighted by molar-refractivity contribution is -0.249. The summed E-state index contributed by atoms with van der Waals surface area (Å²) in [6.07, 6.45) is -3.75. The number of carbonyl (C=O) groups excluding carboxylic acids is 3. The Morgan fingerprint density at radius 3 is 2.46 bits per heavy atom. The third-order valence-electron chi connectivity index (χ3n) is 9.73. The molecule has 4 heterocycles. The van der Waals surface area contributed by atoms with Gasteiger partial charge in [0.05, 0.1) is 22.9 Å². The van der Waals surface area contributed by atoms with Crippen molar-refractivity contribution in [2.24, 2.45) is 22.7 Å². The van der Waals surface area contributed by atoms with Gasteiger partial charge in [0, 0.05) is 0 Å². The number of aliphatic carboxylic acids is 1. The number of unbranched alkanes of at least 4 members (excludes halogenated alkanes) is 2. The molecule has 12 nitrogen and oxygen atoms in total. The number of carboxylic acid groups (broad SMARTS) is 1. The number of carboxylic acids is 1. The molecule has 12 heteroatoms. The van der Waals surface area contributed by atoms with Crippen LogP contribution in [-0.2, 0) is 42.9 Å². The summed E-state index contributed by atoms with van der Waals surface area (Å²) < 4.78 is 28.8. The van der Waals surface area contributed by atoms with Crippen molar-refractivity contribution in [2.45, 2.75) is 102 Å². The Morgan fingerprint density at radius 2 is 1.81 bits per heavy atom. The van der Waals surface area contributed by atoms with Crippen molar-refractivity contribution in [1.29, 1.82) is 0 Å². The van der Waals surface area contributed by atoms with E-state index in [2.05, 4.69) is 0 Å². The van der Waals surface area contributed by atoms with Gasteiger partial charge in [-0.25, -0.2) is 14.4 Å². The molecule has 1 saturated carbocycles. The van der Waals surface area contributed by atoms with E-state index in [1.54, 1.807) is 6.92 Å². The molecule has 4 saturated heterocycles. The zero-order valence-corrected chi connectivity index (χ0v) is 21.3. The van der Waals surface area contributed by atoms with Crippen LogP contribution in [0.2, 0.25) is 0 Å². The van der Waals surface area contributed by atoms with Crippen LogP contribution in [0.1, 0.15) is 59.8 Å². The number of rotatable bonds is 7. The van der Waals surface area contributed by atoms with Gasteiger partial charge in [0.2, 0.25) is 11.9 Å². The quantitative estimate of drug-likeness (QED) is 0.235. The van der Waals surface area contributed by atoms with E-state index in [0.717, 1.165) is 12.8 Å². The van der Waals surface area contributed by atoms with Gasteiger partial charge in [-0.15, -0.1) is 0 Å². The largest absolute Gasteiger partial charge is 0.480 e. The summed E-state index contributed by atoms with van der Waals surface area (Å²) in [6.45, 7) is 5.74. The van der Waals surface area contributed by atoms with Gasteiger partial charge in [0.1, 0.15) is 12.7 Å². The molecule has 0 aromatic heterocycles. The standard InChI is InChI=1S/C25H34O12/c1-5-6-7-8-13-9-11(2)34-20(31)25-22(4,15(28)16-24(25,32)12(3)18(29)35-16)23(13)17(33-10-14(26)27)19(30)36-21(23)37-25/h11-13,15-17,21,28,32H,5-10H2,1-4H3,(H,26,27)/t11?,12?,13-,15+,16?,17+,21+,22?,23?,24-,25-/m0/s1. The minimum Gasteiger partial charge on any atom is -0.480 e. The first-order valence-electron chi connectivity index (χ1n) is 12.9. The molecular formula is C25H34O12. The third-order valence-corrected chi connectivity index (χ3v) is 9.73. The minimum absolute atomic E-state index is 0.246. The highest BCUT2D eigenvalue weighted by Crippen LogP contribution is 2.77. The van der Waals surface area contributed by atoms with Crippen molar-refractivity contribution < 1.29 is 58.2 Å². The van der Waals surface area contributed by atoms with Crippen molar-refractivity contribution in [3.05, 3.63) is 0 Å². The number of ether oxygens (including phenoxy) is 5. The summed E-state index contributed by atoms with van der Waals surface area (Å²) in [5.41, 5.74) is -8.17. The Balaban J connectivity index is 1.79. The van der Waals surface area contributed by atoms with Crippen LogP contribution in [0.3, 0.4) is 0 Å². The molecule has 11 atom stereocenters. The zero-order chi connectivity index (χ0) is 27.1. The first kappa shape index (κ1) is 26.3. The second-order valence-electron chi connectivity index (χ2n) is 11.3. The molecule has 0 aromatic carbocycles. The average molecular weight is 527 g/mol. The zero-order valence-electron chi connectivity index (χ0n) is 21.3. The minimum atomic E-state index is -2.37. The van der Waals surface area contributed by atoms with Crippen molar-refractivity contribution in [3.63, 3.8) is 0 Å². The van der Waals surface area contributed by atoms with Gasteiger partial charge in [0.25, 0.3) is 0 Å². The summed E-state index contributed by atoms with van der Waals surface area (Å²) in [6, 6.07) is 0. The molecule has 0 aromatic rings. The summed E-state index contributed by atoms with van der Waals surface area (Å²) >= 11 is 0. The fourth-order valence-corrected chi connectivity index (χ4v) is 8.16. The Labute approximate surface area is 213 Å². The number of aliphatic hydroxyl groups is 2. The predicted octanol–water partition coefficient (Wildman–Crippen LogP) is 0.300. The van der Waals surface area contributed by atoms with Crippen LogP contribution >= 0.6 is 0 Å². The number of hydrogen-bond donors (Lipinski definition) is 3. The molecule has 37 heavy (non-hydrogen) atoms. The van der Waals surface area contributed by atoms with Gasteiger partial charge in [-0.05, 0) is 32.6 Å². The van der Waals surface area contributed by atoms with Gasteiger partial charge < -0.3 is 39.0 Å². The molecule has 4 aliphatic heterocycles. The fraction of sp³-hybridized carbons (Fsp3) is 0.840. The van der Waals surface area contributed by atoms with Crippen LogP contribution in [0.4, 0.5) is 0 Å². The number of hydrogen-bond acceptors (Lipinski definition) is 11. The highest BCUT2D eigenvalue weighted by molar-refractivity contribution is 5.91. The summed E-state index contributed by atoms with van der Waals surface area (Å²) in [5, 5.41) is 33.4. The Kier molecular flexibility index (Phi) is 5.95. The van der Waals surface area contributed by atoms with E-state index in [9.17, 15) is 34.5 Å². The molecule has 0 radical (unpaired) electrons. The van der Waals surface area contributed by atoms with Gasteiger partial charge in [-0.1, -0.05) is 33.1 Å². The molecule has 3 N–H and O–H groups in total. The van der Waals surface area contributed by atoms with Crippen LogP contribution < -0.4 is 0 Å². The molecule has 5 rings (SSSR count). The van der Waals surface area contributed by atoms with Crippen LogP contribution in [-0.4, -0.2) is 87.7 Å². The fourth-order valence-electron chi connectivity index (χ4n) is 8.16. The molecule has 2 bridgehead atoms. The maximum absolute atomic E-state index is 14.0. The molecule has 206 valence electrons. The molecule has 1 spiro atoms. The molecule has 5 aliphatic rings. The normalized spacial score (nSPS) is 49.9. The predicted molar refractivity (Wildman–Crippen MR) is 119 cm³/mol. The van der Waals surface area contributed by atoms with Gasteiger partial charge >= 0.3 is 23.9 Å². The number of fused-ring (bicyclic) bond motifs is 1. The van der Waals surface area contributed by atoms with E-state index in [0.29, 0.717) is 12.8 Å². The summed E-state index contributed by atoms with van der Waals surface area (Å²) in [7, 11) is 0. The number of esters is 3. The first-order chi connectivity index (χ1) is 17.3. The number of cyclic esters (lactones) is 1. The van der Waals surface area contributed by atoms with Gasteiger partial charge in [-0.2, -0.15) is 0 Å². The second kappa shape index (κ2) is 8.36. The molecule has 5 unspecified atom stereocenters. The second-order valence-corrected chi connectivity index (χ2v) is 11.3. The van der Waals surface area contributed by atoms with Crippen molar-refractivity contribution in [1.82, 2.24) is 0 Å². The van der Waals surface area contributed by atoms with Crippen molar-refractivity contribution in [2.75, 3.05) is 6.61 Å². The number of carbonyl (C=O) groups is 4. The van der Waals surface area contributed by atoms with Gasteiger partial charge in [0.15, 0.2) is 17.8 Å². The molecule has 1 aliphatic carbocycles. The molecule has 0 amide bonds. The summed E-state index contributed by atoms with van der Waals surface area (Å²) in [4.78, 5) is 51.3. The SMILES string of the molecule is CCCCC[C@H]1CC(C)OC(=O)[C@]23O[C@H]4OC(=O)[C@@H](OCC(=O)O)C14C2(C)[C@H](O)C1OC(=O)C(C)[C@]13O. The smallest absolute Gasteiger partial charge is 0.342 e. The highest BCUT2D eigenvalue weighted by Gasteiger charge is 2.97. The Hall–Kier alpha value is -2.28. The van der Waals surface area contributed by atoms with E-state index in [1.807, 2.05) is 6.92 Å². The van der Waals surface area contributed by atoms with E-state index >= 15 is 0 Å². The maximum Gasteiger partial charge on any atom is 0.342 e. The lowest BCUT2D eigenvalue weighted by Crippen LogP contribution is -2.71.